The SMILES string of the molecule is CC(=C=CC(C)C)C(=O)O. The summed E-state index contributed by atoms with van der Waals surface area (Å²) in [5.41, 5.74) is 2.93. The molecule has 2 heteroatoms. The summed E-state index contributed by atoms with van der Waals surface area (Å²) in [6, 6.07) is 0. The highest BCUT2D eigenvalue weighted by molar-refractivity contribution is 5.85. The molecule has 0 amide bonds. The first kappa shape index (κ1) is 8.99. The lowest BCUT2D eigenvalue weighted by atomic mass is 10.2. The van der Waals surface area contributed by atoms with Crippen molar-refractivity contribution < 1.29 is 9.90 Å². The minimum absolute atomic E-state index is 0.258. The Balaban J connectivity index is 4.29. The number of carboxylic acid groups (broad SMARTS) is 1. The van der Waals surface area contributed by atoms with Crippen molar-refractivity contribution in [3.8, 4) is 0 Å². The monoisotopic (exact) mass is 140 g/mol. The van der Waals surface area contributed by atoms with E-state index in [1.807, 2.05) is 13.8 Å². The number of hydrogen-bond acceptors (Lipinski definition) is 1. The van der Waals surface area contributed by atoms with Gasteiger partial charge >= 0.3 is 5.97 Å². The first-order valence-electron chi connectivity index (χ1n) is 3.20. The van der Waals surface area contributed by atoms with Crippen LogP contribution in [0.4, 0.5) is 0 Å². The molecule has 0 spiro atoms. The maximum Gasteiger partial charge on any atom is 0.339 e. The average Bonchev–Trinajstić information content (AvgIpc) is 1.82. The molecular formula is C8H12O2. The average molecular weight is 140 g/mol. The highest BCUT2D eigenvalue weighted by atomic mass is 16.4. The van der Waals surface area contributed by atoms with Crippen molar-refractivity contribution in [1.29, 1.82) is 0 Å². The molecule has 0 rings (SSSR count). The second-order valence-electron chi connectivity index (χ2n) is 2.49. The molecule has 0 unspecified atom stereocenters. The minimum Gasteiger partial charge on any atom is -0.477 e. The fourth-order valence-corrected chi connectivity index (χ4v) is 0.353. The molecule has 0 aliphatic rings. The van der Waals surface area contributed by atoms with Crippen LogP contribution < -0.4 is 0 Å². The van der Waals surface area contributed by atoms with E-state index in [0.717, 1.165) is 0 Å². The third-order valence-electron chi connectivity index (χ3n) is 0.954. The second kappa shape index (κ2) is 3.91. The van der Waals surface area contributed by atoms with Gasteiger partial charge in [-0.25, -0.2) is 4.79 Å². The van der Waals surface area contributed by atoms with Gasteiger partial charge in [-0.05, 0) is 18.9 Å². The quantitative estimate of drug-likeness (QED) is 0.469. The maximum atomic E-state index is 10.2. The van der Waals surface area contributed by atoms with Crippen LogP contribution in [-0.2, 0) is 4.79 Å². The number of hydrogen-bond donors (Lipinski definition) is 1. The summed E-state index contributed by atoms with van der Waals surface area (Å²) in [5.74, 6) is -0.550. The van der Waals surface area contributed by atoms with Gasteiger partial charge in [0.25, 0.3) is 0 Å². The zero-order valence-corrected chi connectivity index (χ0v) is 6.51. The van der Waals surface area contributed by atoms with E-state index in [0.29, 0.717) is 5.92 Å². The second-order valence-corrected chi connectivity index (χ2v) is 2.49. The smallest absolute Gasteiger partial charge is 0.339 e. The van der Waals surface area contributed by atoms with Crippen molar-refractivity contribution in [3.63, 3.8) is 0 Å². The Hall–Kier alpha value is -1.01. The van der Waals surface area contributed by atoms with Crippen LogP contribution in [0, 0.1) is 5.92 Å². The molecule has 0 fully saturated rings. The largest absolute Gasteiger partial charge is 0.477 e. The molecule has 0 aliphatic heterocycles. The van der Waals surface area contributed by atoms with Gasteiger partial charge in [-0.15, -0.1) is 5.73 Å². The Morgan fingerprint density at radius 3 is 2.40 bits per heavy atom. The lowest BCUT2D eigenvalue weighted by molar-refractivity contribution is -0.132. The fraction of sp³-hybridized carbons (Fsp3) is 0.500. The predicted molar refractivity (Wildman–Crippen MR) is 39.7 cm³/mol. The van der Waals surface area contributed by atoms with Crippen LogP contribution in [0.25, 0.3) is 0 Å². The summed E-state index contributed by atoms with van der Waals surface area (Å²) in [5, 5.41) is 8.38. The highest BCUT2D eigenvalue weighted by Gasteiger charge is 1.95. The molecule has 0 aromatic rings. The summed E-state index contributed by atoms with van der Waals surface area (Å²) < 4.78 is 0. The molecule has 0 heterocycles. The van der Waals surface area contributed by atoms with Crippen molar-refractivity contribution in [2.75, 3.05) is 0 Å². The Bertz CT molecular complexity index is 183. The van der Waals surface area contributed by atoms with Crippen molar-refractivity contribution in [1.82, 2.24) is 0 Å². The molecular weight excluding hydrogens is 128 g/mol. The third-order valence-corrected chi connectivity index (χ3v) is 0.954. The van der Waals surface area contributed by atoms with Crippen LogP contribution in [-0.4, -0.2) is 11.1 Å². The van der Waals surface area contributed by atoms with Gasteiger partial charge in [0.1, 0.15) is 0 Å². The van der Waals surface area contributed by atoms with Crippen LogP contribution >= 0.6 is 0 Å². The summed E-state index contributed by atoms with van der Waals surface area (Å²) in [7, 11) is 0. The summed E-state index contributed by atoms with van der Waals surface area (Å²) in [6.45, 7) is 5.48. The van der Waals surface area contributed by atoms with Crippen molar-refractivity contribution in [3.05, 3.63) is 17.4 Å². The molecule has 56 valence electrons. The minimum atomic E-state index is -0.906. The van der Waals surface area contributed by atoms with Gasteiger partial charge in [0.05, 0.1) is 5.57 Å². The van der Waals surface area contributed by atoms with Crippen LogP contribution in [0.1, 0.15) is 20.8 Å². The summed E-state index contributed by atoms with van der Waals surface area (Å²) in [6.07, 6.45) is 1.74. The van der Waals surface area contributed by atoms with E-state index in [4.69, 9.17) is 5.11 Å². The van der Waals surface area contributed by atoms with Crippen molar-refractivity contribution in [2.45, 2.75) is 20.8 Å². The molecule has 0 aromatic carbocycles. The first-order chi connectivity index (χ1) is 4.54. The van der Waals surface area contributed by atoms with E-state index >= 15 is 0 Å². The molecule has 10 heavy (non-hydrogen) atoms. The highest BCUT2D eigenvalue weighted by Crippen LogP contribution is 1.94. The molecule has 0 aliphatic carbocycles. The van der Waals surface area contributed by atoms with Crippen molar-refractivity contribution in [2.24, 2.45) is 5.92 Å². The lowest BCUT2D eigenvalue weighted by Crippen LogP contribution is -1.93. The molecule has 0 aromatic heterocycles. The Kier molecular flexibility index (Phi) is 3.52. The molecule has 0 radical (unpaired) electrons. The third kappa shape index (κ3) is 3.93. The number of carbonyl (C=O) groups is 1. The lowest BCUT2D eigenvalue weighted by Gasteiger charge is -1.88. The zero-order valence-electron chi connectivity index (χ0n) is 6.51. The molecule has 0 atom stereocenters. The van der Waals surface area contributed by atoms with E-state index in [2.05, 4.69) is 5.73 Å². The number of aliphatic carboxylic acids is 1. The zero-order chi connectivity index (χ0) is 8.15. The van der Waals surface area contributed by atoms with E-state index in [1.165, 1.54) is 6.92 Å². The Morgan fingerprint density at radius 2 is 2.10 bits per heavy atom. The van der Waals surface area contributed by atoms with E-state index in [-0.39, 0.29) is 5.57 Å². The number of carboxylic acids is 1. The molecule has 0 saturated heterocycles. The number of rotatable bonds is 2. The Labute approximate surface area is 60.9 Å². The van der Waals surface area contributed by atoms with Crippen LogP contribution in [0.3, 0.4) is 0 Å². The first-order valence-corrected chi connectivity index (χ1v) is 3.20. The topological polar surface area (TPSA) is 37.3 Å². The van der Waals surface area contributed by atoms with Gasteiger partial charge in [0.15, 0.2) is 0 Å². The molecule has 0 saturated carbocycles. The molecule has 1 N–H and O–H groups in total. The summed E-state index contributed by atoms with van der Waals surface area (Å²) in [4.78, 5) is 10.2. The van der Waals surface area contributed by atoms with Gasteiger partial charge < -0.3 is 5.11 Å². The van der Waals surface area contributed by atoms with E-state index in [1.54, 1.807) is 6.08 Å². The normalized spacial score (nSPS) is 8.80. The van der Waals surface area contributed by atoms with Gasteiger partial charge in [-0.1, -0.05) is 13.8 Å². The van der Waals surface area contributed by atoms with Gasteiger partial charge in [-0.2, -0.15) is 0 Å². The van der Waals surface area contributed by atoms with Gasteiger partial charge in [0.2, 0.25) is 0 Å². The van der Waals surface area contributed by atoms with Crippen LogP contribution in [0.5, 0.6) is 0 Å². The van der Waals surface area contributed by atoms with Gasteiger partial charge in [0, 0.05) is 0 Å². The van der Waals surface area contributed by atoms with Crippen LogP contribution in [0.15, 0.2) is 17.4 Å². The predicted octanol–water partition coefficient (Wildman–Crippen LogP) is 1.83. The van der Waals surface area contributed by atoms with Crippen LogP contribution in [0.2, 0.25) is 0 Å². The fourth-order valence-electron chi connectivity index (χ4n) is 0.353. The van der Waals surface area contributed by atoms with Gasteiger partial charge in [-0.3, -0.25) is 0 Å². The molecule has 0 bridgehead atoms. The van der Waals surface area contributed by atoms with Crippen molar-refractivity contribution >= 4 is 5.97 Å². The van der Waals surface area contributed by atoms with E-state index in [9.17, 15) is 4.79 Å². The van der Waals surface area contributed by atoms with E-state index < -0.39 is 5.97 Å². The maximum absolute atomic E-state index is 10.2. The Morgan fingerprint density at radius 1 is 1.60 bits per heavy atom. The molecule has 2 nitrogen and oxygen atoms in total. The summed E-state index contributed by atoms with van der Waals surface area (Å²) >= 11 is 0. The standard InChI is InChI=1S/C8H12O2/c1-6(2)4-5-7(3)8(9)10/h4,6H,1-3H3,(H,9,10).